The van der Waals surface area contributed by atoms with Crippen molar-refractivity contribution >= 4 is 36.5 Å². The number of aliphatic hydroxyl groups is 2. The van der Waals surface area contributed by atoms with E-state index >= 15 is 0 Å². The molecule has 0 aromatic carbocycles. The minimum absolute atomic E-state index is 0.215. The first-order valence-corrected chi connectivity index (χ1v) is 12.4. The van der Waals surface area contributed by atoms with Crippen LogP contribution in [0.2, 0.25) is 19.6 Å². The van der Waals surface area contributed by atoms with Crippen molar-refractivity contribution in [2.75, 3.05) is 12.1 Å². The molecule has 1 aliphatic heterocycles. The summed E-state index contributed by atoms with van der Waals surface area (Å²) < 4.78 is 7.48. The van der Waals surface area contributed by atoms with E-state index in [1.54, 1.807) is 17.7 Å². The van der Waals surface area contributed by atoms with Gasteiger partial charge in [0.25, 0.3) is 0 Å². The summed E-state index contributed by atoms with van der Waals surface area (Å²) in [4.78, 5) is 7.16. The standard InChI is InChI=1S/C17H23ClN4O4Si/c1-17(18)13(24)11(8-23)26-16(17)22-7-10(5-6-27(2,3)4)12-14(21-25)19-9-20-15(12)22/h7,9,11,13,16,23-25H,8H2,1-4H3,(H,19,20,21)/t11-,13-,16-,17-/m1/s1. The van der Waals surface area contributed by atoms with Gasteiger partial charge < -0.3 is 19.5 Å². The van der Waals surface area contributed by atoms with Gasteiger partial charge >= 0.3 is 0 Å². The Hall–Kier alpha value is -1.67. The van der Waals surface area contributed by atoms with Crippen molar-refractivity contribution in [3.8, 4) is 11.5 Å². The fraction of sp³-hybridized carbons (Fsp3) is 0.529. The fourth-order valence-corrected chi connectivity index (χ4v) is 3.87. The van der Waals surface area contributed by atoms with Gasteiger partial charge in [0.15, 0.2) is 12.0 Å². The van der Waals surface area contributed by atoms with Gasteiger partial charge in [-0.15, -0.1) is 17.1 Å². The second-order valence-corrected chi connectivity index (χ2v) is 13.4. The van der Waals surface area contributed by atoms with E-state index < -0.39 is 31.4 Å². The largest absolute Gasteiger partial charge is 0.394 e. The molecule has 1 fully saturated rings. The molecule has 3 heterocycles. The average Bonchev–Trinajstić information content (AvgIpc) is 3.08. The normalized spacial score (nSPS) is 28.2. The van der Waals surface area contributed by atoms with Gasteiger partial charge in [0, 0.05) is 6.20 Å². The maximum atomic E-state index is 10.4. The number of ether oxygens (including phenoxy) is 1. The Bertz CT molecular complexity index is 915. The van der Waals surface area contributed by atoms with Crippen molar-refractivity contribution in [3.63, 3.8) is 0 Å². The van der Waals surface area contributed by atoms with Crippen LogP contribution in [0.4, 0.5) is 5.82 Å². The minimum atomic E-state index is -1.66. The molecule has 3 rings (SSSR count). The van der Waals surface area contributed by atoms with E-state index in [1.807, 2.05) is 0 Å². The molecule has 146 valence electrons. The minimum Gasteiger partial charge on any atom is -0.394 e. The zero-order valence-corrected chi connectivity index (χ0v) is 17.3. The van der Waals surface area contributed by atoms with Crippen LogP contribution < -0.4 is 5.48 Å². The highest BCUT2D eigenvalue weighted by Gasteiger charge is 2.53. The Morgan fingerprint density at radius 2 is 2.11 bits per heavy atom. The molecule has 8 nitrogen and oxygen atoms in total. The molecule has 0 unspecified atom stereocenters. The maximum absolute atomic E-state index is 10.4. The third-order valence-electron chi connectivity index (χ3n) is 4.44. The first-order chi connectivity index (χ1) is 12.6. The van der Waals surface area contributed by atoms with Crippen molar-refractivity contribution in [3.05, 3.63) is 18.1 Å². The second kappa shape index (κ2) is 7.05. The number of hydrogen-bond acceptors (Lipinski definition) is 7. The van der Waals surface area contributed by atoms with Crippen molar-refractivity contribution in [2.45, 2.75) is 49.9 Å². The zero-order valence-electron chi connectivity index (χ0n) is 15.6. The van der Waals surface area contributed by atoms with Gasteiger partial charge in [0.1, 0.15) is 37.1 Å². The lowest BCUT2D eigenvalue weighted by molar-refractivity contribution is -0.0439. The van der Waals surface area contributed by atoms with Crippen LogP contribution in [0.1, 0.15) is 18.7 Å². The molecule has 2 aromatic rings. The molecule has 27 heavy (non-hydrogen) atoms. The lowest BCUT2D eigenvalue weighted by Crippen LogP contribution is -2.39. The summed E-state index contributed by atoms with van der Waals surface area (Å²) in [6.45, 7) is 7.65. The van der Waals surface area contributed by atoms with Crippen LogP contribution in [-0.4, -0.2) is 61.7 Å². The molecule has 1 aliphatic rings. The SMILES string of the molecule is C[C@@]1(Cl)[C@H](O)[C@@H](CO)O[C@H]1n1cc(C#C[Si](C)(C)C)c2c(NO)ncnc21. The molecule has 2 aromatic heterocycles. The molecule has 0 amide bonds. The smallest absolute Gasteiger partial charge is 0.163 e. The average molecular weight is 411 g/mol. The summed E-state index contributed by atoms with van der Waals surface area (Å²) in [6.07, 6.45) is 0.348. The third kappa shape index (κ3) is 3.56. The van der Waals surface area contributed by atoms with Crippen LogP contribution in [0.15, 0.2) is 12.5 Å². The maximum Gasteiger partial charge on any atom is 0.163 e. The van der Waals surface area contributed by atoms with E-state index in [4.69, 9.17) is 16.3 Å². The van der Waals surface area contributed by atoms with Crippen molar-refractivity contribution in [1.82, 2.24) is 14.5 Å². The summed E-state index contributed by atoms with van der Waals surface area (Å²) in [5.41, 5.74) is 6.42. The summed E-state index contributed by atoms with van der Waals surface area (Å²) in [5, 5.41) is 29.9. The molecule has 0 bridgehead atoms. The zero-order chi connectivity index (χ0) is 20.0. The molecular formula is C17H23ClN4O4Si. The number of anilines is 1. The number of halogens is 1. The summed E-state index contributed by atoms with van der Waals surface area (Å²) >= 11 is 6.58. The number of nitrogens with zero attached hydrogens (tertiary/aromatic N) is 3. The predicted molar refractivity (Wildman–Crippen MR) is 104 cm³/mol. The van der Waals surface area contributed by atoms with Crippen LogP contribution >= 0.6 is 11.6 Å². The molecule has 0 spiro atoms. The number of hydrogen-bond donors (Lipinski definition) is 4. The van der Waals surface area contributed by atoms with Crippen LogP contribution in [0.5, 0.6) is 0 Å². The van der Waals surface area contributed by atoms with Gasteiger partial charge in [-0.3, -0.25) is 10.7 Å². The van der Waals surface area contributed by atoms with Crippen LogP contribution in [0, 0.1) is 11.5 Å². The molecule has 10 heteroatoms. The topological polar surface area (TPSA) is 113 Å². The lowest BCUT2D eigenvalue weighted by atomic mass is 10.0. The molecule has 1 saturated heterocycles. The third-order valence-corrected chi connectivity index (χ3v) is 5.72. The van der Waals surface area contributed by atoms with Gasteiger partial charge in [-0.05, 0) is 6.92 Å². The van der Waals surface area contributed by atoms with E-state index in [-0.39, 0.29) is 12.4 Å². The molecule has 0 saturated carbocycles. The van der Waals surface area contributed by atoms with Gasteiger partial charge in [0.05, 0.1) is 17.6 Å². The number of rotatable bonds is 3. The number of nitrogens with one attached hydrogen (secondary N) is 1. The van der Waals surface area contributed by atoms with Crippen LogP contribution in [-0.2, 0) is 4.74 Å². The van der Waals surface area contributed by atoms with Gasteiger partial charge in [-0.2, -0.15) is 0 Å². The molecule has 4 atom stereocenters. The molecule has 4 N–H and O–H groups in total. The highest BCUT2D eigenvalue weighted by molar-refractivity contribution is 6.83. The first kappa shape index (κ1) is 20.1. The highest BCUT2D eigenvalue weighted by atomic mass is 35.5. The van der Waals surface area contributed by atoms with Crippen LogP contribution in [0.25, 0.3) is 11.0 Å². The number of aromatic nitrogens is 3. The summed E-state index contributed by atoms with van der Waals surface area (Å²) in [5.74, 6) is 3.37. The van der Waals surface area contributed by atoms with E-state index in [1.165, 1.54) is 6.33 Å². The molecular weight excluding hydrogens is 388 g/mol. The quantitative estimate of drug-likeness (QED) is 0.263. The van der Waals surface area contributed by atoms with Gasteiger partial charge in [0.2, 0.25) is 0 Å². The molecule has 0 aliphatic carbocycles. The number of alkyl halides is 1. The fourth-order valence-electron chi connectivity index (χ4n) is 3.06. The Kier molecular flexibility index (Phi) is 5.24. The number of aliphatic hydroxyl groups excluding tert-OH is 2. The van der Waals surface area contributed by atoms with E-state index in [0.29, 0.717) is 16.6 Å². The molecule has 0 radical (unpaired) electrons. The Morgan fingerprint density at radius 3 is 2.67 bits per heavy atom. The van der Waals surface area contributed by atoms with E-state index in [2.05, 4.69) is 46.6 Å². The summed E-state index contributed by atoms with van der Waals surface area (Å²) in [6, 6.07) is 0. The number of fused-ring (bicyclic) bond motifs is 1. The van der Waals surface area contributed by atoms with Gasteiger partial charge in [-0.25, -0.2) is 9.97 Å². The van der Waals surface area contributed by atoms with Crippen molar-refractivity contribution < 1.29 is 20.2 Å². The van der Waals surface area contributed by atoms with Crippen molar-refractivity contribution in [2.24, 2.45) is 0 Å². The van der Waals surface area contributed by atoms with E-state index in [0.717, 1.165) is 0 Å². The first-order valence-electron chi connectivity index (χ1n) is 8.52. The van der Waals surface area contributed by atoms with Crippen molar-refractivity contribution in [1.29, 1.82) is 0 Å². The second-order valence-electron chi connectivity index (χ2n) is 7.79. The monoisotopic (exact) mass is 410 g/mol. The Labute approximate surface area is 163 Å². The Morgan fingerprint density at radius 1 is 1.41 bits per heavy atom. The van der Waals surface area contributed by atoms with Crippen LogP contribution in [0.3, 0.4) is 0 Å². The lowest BCUT2D eigenvalue weighted by Gasteiger charge is -2.26. The predicted octanol–water partition coefficient (Wildman–Crippen LogP) is 1.71. The Balaban J connectivity index is 2.21. The highest BCUT2D eigenvalue weighted by Crippen LogP contribution is 2.45. The summed E-state index contributed by atoms with van der Waals surface area (Å²) in [7, 11) is -1.66. The van der Waals surface area contributed by atoms with Gasteiger partial charge in [-0.1, -0.05) is 25.6 Å². The van der Waals surface area contributed by atoms with E-state index in [9.17, 15) is 15.4 Å².